The number of amides is 2. The van der Waals surface area contributed by atoms with Gasteiger partial charge in [0.1, 0.15) is 11.4 Å². The van der Waals surface area contributed by atoms with Crippen molar-refractivity contribution in [2.24, 2.45) is 5.73 Å². The number of hydrogen-bond acceptors (Lipinski definition) is 8. The predicted octanol–water partition coefficient (Wildman–Crippen LogP) is 1.31. The van der Waals surface area contributed by atoms with Gasteiger partial charge < -0.3 is 26.0 Å². The molecule has 11 heteroatoms. The Morgan fingerprint density at radius 2 is 1.45 bits per heavy atom. The normalized spacial score (nSPS) is 14.3. The first kappa shape index (κ1) is 26.1. The molecule has 0 radical (unpaired) electrons. The minimum atomic E-state index is -0.510. The highest BCUT2D eigenvalue weighted by Crippen LogP contribution is 2.21. The second-order valence-electron chi connectivity index (χ2n) is 8.68. The largest absolute Gasteiger partial charge is 0.463 e. The third kappa shape index (κ3) is 5.72. The lowest BCUT2D eigenvalue weighted by atomic mass is 10.2. The van der Waals surface area contributed by atoms with Crippen molar-refractivity contribution in [3.05, 3.63) is 105 Å². The molecule has 0 atom stereocenters. The van der Waals surface area contributed by atoms with Crippen molar-refractivity contribution < 1.29 is 19.1 Å². The molecule has 3 aromatic rings. The third-order valence-electron chi connectivity index (χ3n) is 6.02. The summed E-state index contributed by atoms with van der Waals surface area (Å²) >= 11 is 0. The van der Waals surface area contributed by atoms with E-state index in [1.54, 1.807) is 11.8 Å². The van der Waals surface area contributed by atoms with E-state index in [0.29, 0.717) is 18.7 Å². The smallest absolute Gasteiger partial charge is 0.338 e. The fourth-order valence-corrected chi connectivity index (χ4v) is 4.15. The van der Waals surface area contributed by atoms with Gasteiger partial charge in [0.05, 0.1) is 30.8 Å². The molecule has 0 aliphatic carbocycles. The van der Waals surface area contributed by atoms with Crippen LogP contribution in [0.15, 0.2) is 76.7 Å². The quantitative estimate of drug-likeness (QED) is 0.413. The molecule has 11 nitrogen and oxygen atoms in total. The Balaban J connectivity index is 0.000000177. The third-order valence-corrected chi connectivity index (χ3v) is 6.02. The first-order valence-electron chi connectivity index (χ1n) is 12.0. The second kappa shape index (κ2) is 11.4. The molecule has 0 saturated carbocycles. The molecule has 0 fully saturated rings. The number of ether oxygens (including phenoxy) is 1. The van der Waals surface area contributed by atoms with Crippen LogP contribution in [0.4, 0.5) is 5.95 Å². The summed E-state index contributed by atoms with van der Waals surface area (Å²) in [7, 11) is 0. The summed E-state index contributed by atoms with van der Waals surface area (Å²) < 4.78 is 4.89. The van der Waals surface area contributed by atoms with E-state index in [2.05, 4.69) is 9.97 Å². The first-order valence-corrected chi connectivity index (χ1v) is 12.0. The maximum atomic E-state index is 12.2. The van der Waals surface area contributed by atoms with Crippen molar-refractivity contribution in [1.29, 1.82) is 0 Å². The zero-order chi connectivity index (χ0) is 27.2. The number of aromatic nitrogens is 2. The summed E-state index contributed by atoms with van der Waals surface area (Å²) in [6.07, 6.45) is 0. The Hall–Kier alpha value is -4.93. The summed E-state index contributed by atoms with van der Waals surface area (Å²) in [4.78, 5) is 57.0. The fourth-order valence-electron chi connectivity index (χ4n) is 4.15. The van der Waals surface area contributed by atoms with Crippen molar-refractivity contribution in [3.63, 3.8) is 0 Å². The van der Waals surface area contributed by atoms with E-state index < -0.39 is 5.97 Å². The van der Waals surface area contributed by atoms with Gasteiger partial charge >= 0.3 is 5.97 Å². The Labute approximate surface area is 218 Å². The number of hydrogen-bond donors (Lipinski definition) is 3. The standard InChI is InChI=1S/C14H16N2O3.C13H12N4O2/c1-2-19-14(18)11-9-16(13(17)12(11)15)8-10-6-4-3-5-7-10;14-13-15-10-9(11(18)16-13)7-17(12(10)19)6-8-4-2-1-3-5-8/h3-7H,2,8-9,15H2,1H3;1-5H,6-7H2,(H3,14,15,16,18). The molecule has 2 aliphatic heterocycles. The number of aromatic amines is 1. The topological polar surface area (TPSA) is 165 Å². The Bertz CT molecular complexity index is 1440. The maximum absolute atomic E-state index is 12.2. The van der Waals surface area contributed by atoms with Crippen molar-refractivity contribution in [3.8, 4) is 0 Å². The number of fused-ring (bicyclic) bond motifs is 1. The zero-order valence-corrected chi connectivity index (χ0v) is 20.8. The molecule has 0 spiro atoms. The van der Waals surface area contributed by atoms with Gasteiger partial charge in [-0.25, -0.2) is 9.78 Å². The maximum Gasteiger partial charge on any atom is 0.338 e. The summed E-state index contributed by atoms with van der Waals surface area (Å²) in [5.74, 6) is -1.11. The number of nitrogens with zero attached hydrogens (tertiary/aromatic N) is 3. The first-order chi connectivity index (χ1) is 18.3. The Morgan fingerprint density at radius 3 is 2.00 bits per heavy atom. The molecule has 2 aliphatic rings. The lowest BCUT2D eigenvalue weighted by Crippen LogP contribution is -2.28. The molecule has 3 heterocycles. The number of carbonyl (C=O) groups is 3. The number of H-pyrrole nitrogens is 1. The summed E-state index contributed by atoms with van der Waals surface area (Å²) in [6.45, 7) is 3.35. The Kier molecular flexibility index (Phi) is 7.86. The van der Waals surface area contributed by atoms with Gasteiger partial charge in [0.2, 0.25) is 5.95 Å². The molecular formula is C27H28N6O5. The second-order valence-corrected chi connectivity index (χ2v) is 8.68. The molecule has 5 rings (SSSR count). The van der Waals surface area contributed by atoms with E-state index in [4.69, 9.17) is 16.2 Å². The molecular weight excluding hydrogens is 488 g/mol. The fraction of sp³-hybridized carbons (Fsp3) is 0.222. The van der Waals surface area contributed by atoms with Crippen molar-refractivity contribution >= 4 is 23.7 Å². The zero-order valence-electron chi connectivity index (χ0n) is 20.8. The van der Waals surface area contributed by atoms with Gasteiger partial charge in [-0.1, -0.05) is 60.7 Å². The van der Waals surface area contributed by atoms with Crippen LogP contribution >= 0.6 is 0 Å². The molecule has 1 aromatic heterocycles. The number of rotatable bonds is 6. The van der Waals surface area contributed by atoms with E-state index in [0.717, 1.165) is 11.1 Å². The average Bonchev–Trinajstić information content (AvgIpc) is 3.37. The van der Waals surface area contributed by atoms with Gasteiger partial charge in [-0.2, -0.15) is 0 Å². The number of nitrogens with one attached hydrogen (secondary N) is 1. The number of benzene rings is 2. The van der Waals surface area contributed by atoms with Crippen LogP contribution in [0.5, 0.6) is 0 Å². The highest BCUT2D eigenvalue weighted by atomic mass is 16.5. The van der Waals surface area contributed by atoms with Crippen LogP contribution in [0.3, 0.4) is 0 Å². The number of esters is 1. The monoisotopic (exact) mass is 516 g/mol. The van der Waals surface area contributed by atoms with Crippen molar-refractivity contribution in [2.75, 3.05) is 18.9 Å². The number of carbonyl (C=O) groups excluding carboxylic acids is 3. The van der Waals surface area contributed by atoms with Gasteiger partial charge in [-0.3, -0.25) is 19.4 Å². The molecule has 38 heavy (non-hydrogen) atoms. The van der Waals surface area contributed by atoms with Gasteiger partial charge in [-0.05, 0) is 18.1 Å². The van der Waals surface area contributed by atoms with Gasteiger partial charge in [-0.15, -0.1) is 0 Å². The SMILES string of the molecule is CCOC(=O)C1=C(N)C(=O)N(Cc2ccccc2)C1.Nc1nc2c(c(=O)[nH]1)CN(Cc1ccccc1)C2=O. The van der Waals surface area contributed by atoms with Crippen LogP contribution in [-0.4, -0.2) is 50.7 Å². The predicted molar refractivity (Wildman–Crippen MR) is 139 cm³/mol. The van der Waals surface area contributed by atoms with Crippen molar-refractivity contribution in [2.45, 2.75) is 26.6 Å². The van der Waals surface area contributed by atoms with Crippen LogP contribution in [0.1, 0.15) is 34.1 Å². The average molecular weight is 517 g/mol. The number of nitrogens with two attached hydrogens (primary N) is 2. The van der Waals surface area contributed by atoms with E-state index >= 15 is 0 Å². The van der Waals surface area contributed by atoms with Crippen molar-refractivity contribution in [1.82, 2.24) is 19.8 Å². The van der Waals surface area contributed by atoms with Crippen LogP contribution in [-0.2, 0) is 34.0 Å². The highest BCUT2D eigenvalue weighted by molar-refractivity contribution is 6.06. The minimum absolute atomic E-state index is 0.00520. The van der Waals surface area contributed by atoms with Crippen LogP contribution < -0.4 is 17.0 Å². The molecule has 2 aromatic carbocycles. The van der Waals surface area contributed by atoms with Crippen LogP contribution in [0.2, 0.25) is 0 Å². The van der Waals surface area contributed by atoms with E-state index in [9.17, 15) is 19.2 Å². The number of nitrogen functional groups attached to an aromatic ring is 1. The molecule has 5 N–H and O–H groups in total. The molecule has 2 amide bonds. The molecule has 0 bridgehead atoms. The molecule has 0 saturated heterocycles. The Morgan fingerprint density at radius 1 is 0.895 bits per heavy atom. The van der Waals surface area contributed by atoms with E-state index in [1.165, 1.54) is 4.90 Å². The number of anilines is 1. The summed E-state index contributed by atoms with van der Waals surface area (Å²) in [5, 5.41) is 0. The molecule has 0 unspecified atom stereocenters. The lowest BCUT2D eigenvalue weighted by Gasteiger charge is -2.16. The minimum Gasteiger partial charge on any atom is -0.463 e. The van der Waals surface area contributed by atoms with E-state index in [1.807, 2.05) is 60.7 Å². The van der Waals surface area contributed by atoms with Gasteiger partial charge in [0.25, 0.3) is 17.4 Å². The lowest BCUT2D eigenvalue weighted by molar-refractivity contribution is -0.138. The van der Waals surface area contributed by atoms with Gasteiger partial charge in [0.15, 0.2) is 0 Å². The van der Waals surface area contributed by atoms with Crippen LogP contribution in [0, 0.1) is 0 Å². The summed E-state index contributed by atoms with van der Waals surface area (Å²) in [5.41, 5.74) is 13.6. The summed E-state index contributed by atoms with van der Waals surface area (Å²) in [6, 6.07) is 19.2. The highest BCUT2D eigenvalue weighted by Gasteiger charge is 2.33. The van der Waals surface area contributed by atoms with Gasteiger partial charge in [0, 0.05) is 13.1 Å². The van der Waals surface area contributed by atoms with E-state index in [-0.39, 0.29) is 60.0 Å². The molecule has 196 valence electrons. The van der Waals surface area contributed by atoms with Crippen LogP contribution in [0.25, 0.3) is 0 Å².